The summed E-state index contributed by atoms with van der Waals surface area (Å²) in [6.45, 7) is 2.43. The molecule has 9 heteroatoms. The van der Waals surface area contributed by atoms with Crippen molar-refractivity contribution in [1.29, 1.82) is 0 Å². The lowest BCUT2D eigenvalue weighted by atomic mass is 10.2. The van der Waals surface area contributed by atoms with Gasteiger partial charge in [0.25, 0.3) is 5.91 Å². The van der Waals surface area contributed by atoms with Crippen LogP contribution in [0.15, 0.2) is 47.2 Å². The first-order valence-corrected chi connectivity index (χ1v) is 11.2. The van der Waals surface area contributed by atoms with Gasteiger partial charge in [-0.1, -0.05) is 19.4 Å². The first-order chi connectivity index (χ1) is 14.5. The average molecular weight is 444 g/mol. The molecule has 0 bridgehead atoms. The number of rotatable bonds is 9. The van der Waals surface area contributed by atoms with E-state index in [1.54, 1.807) is 41.8 Å². The average Bonchev–Trinajstić information content (AvgIpc) is 3.41. The maximum atomic E-state index is 12.3. The molecule has 7 nitrogen and oxygen atoms in total. The standard InChI is InChI=1S/C21H21N3O4S2/c1-2-3-10-28-20(27)14-6-8-15(9-7-14)22-18(25)12-16-13-30-21(23-16)24-19(26)17-5-4-11-29-17/h4-9,11,13H,2-3,10,12H2,1H3,(H,22,25)(H,23,24,26). The molecular weight excluding hydrogens is 422 g/mol. The summed E-state index contributed by atoms with van der Waals surface area (Å²) in [6, 6.07) is 10.1. The number of hydrogen-bond acceptors (Lipinski definition) is 7. The normalized spacial score (nSPS) is 10.4. The molecule has 0 radical (unpaired) electrons. The maximum absolute atomic E-state index is 12.3. The Morgan fingerprint density at radius 3 is 2.57 bits per heavy atom. The molecule has 0 fully saturated rings. The number of benzene rings is 1. The van der Waals surface area contributed by atoms with Crippen LogP contribution in [-0.2, 0) is 16.0 Å². The van der Waals surface area contributed by atoms with E-state index in [1.807, 2.05) is 12.3 Å². The van der Waals surface area contributed by atoms with E-state index >= 15 is 0 Å². The lowest BCUT2D eigenvalue weighted by Gasteiger charge is -2.06. The highest BCUT2D eigenvalue weighted by Crippen LogP contribution is 2.19. The van der Waals surface area contributed by atoms with Crippen molar-refractivity contribution in [3.8, 4) is 0 Å². The SMILES string of the molecule is CCCCOC(=O)c1ccc(NC(=O)Cc2csc(NC(=O)c3cccs3)n2)cc1. The van der Waals surface area contributed by atoms with Crippen LogP contribution in [0, 0.1) is 0 Å². The Morgan fingerprint density at radius 2 is 1.87 bits per heavy atom. The molecule has 1 aromatic carbocycles. The van der Waals surface area contributed by atoms with Gasteiger partial charge in [-0.25, -0.2) is 9.78 Å². The molecule has 0 spiro atoms. The number of amides is 2. The van der Waals surface area contributed by atoms with Crippen LogP contribution in [-0.4, -0.2) is 29.4 Å². The van der Waals surface area contributed by atoms with E-state index in [1.165, 1.54) is 22.7 Å². The van der Waals surface area contributed by atoms with E-state index in [-0.39, 0.29) is 24.2 Å². The summed E-state index contributed by atoms with van der Waals surface area (Å²) in [5, 5.41) is 9.50. The van der Waals surface area contributed by atoms with E-state index in [0.717, 1.165) is 12.8 Å². The van der Waals surface area contributed by atoms with Crippen LogP contribution < -0.4 is 10.6 Å². The van der Waals surface area contributed by atoms with Gasteiger partial charge in [0.2, 0.25) is 5.91 Å². The molecule has 0 aliphatic carbocycles. The van der Waals surface area contributed by atoms with Crippen molar-refractivity contribution in [2.45, 2.75) is 26.2 Å². The molecule has 2 aromatic heterocycles. The van der Waals surface area contributed by atoms with E-state index in [0.29, 0.717) is 33.6 Å². The number of nitrogens with one attached hydrogen (secondary N) is 2. The third-order valence-corrected chi connectivity index (χ3v) is 5.67. The number of ether oxygens (including phenoxy) is 1. The van der Waals surface area contributed by atoms with Crippen molar-refractivity contribution in [3.63, 3.8) is 0 Å². The predicted molar refractivity (Wildman–Crippen MR) is 118 cm³/mol. The summed E-state index contributed by atoms with van der Waals surface area (Å²) in [6.07, 6.45) is 1.86. The molecular formula is C21H21N3O4S2. The molecule has 2 heterocycles. The Morgan fingerprint density at radius 1 is 1.07 bits per heavy atom. The number of aromatic nitrogens is 1. The summed E-state index contributed by atoms with van der Waals surface area (Å²) in [4.78, 5) is 41.1. The zero-order valence-corrected chi connectivity index (χ0v) is 18.0. The number of hydrogen-bond donors (Lipinski definition) is 2. The van der Waals surface area contributed by atoms with Crippen LogP contribution in [0.25, 0.3) is 0 Å². The minimum absolute atomic E-state index is 0.0756. The van der Waals surface area contributed by atoms with Crippen molar-refractivity contribution in [1.82, 2.24) is 4.98 Å². The van der Waals surface area contributed by atoms with Gasteiger partial charge in [-0.05, 0) is 42.1 Å². The van der Waals surface area contributed by atoms with Gasteiger partial charge >= 0.3 is 5.97 Å². The molecule has 0 unspecified atom stereocenters. The lowest BCUT2D eigenvalue weighted by molar-refractivity contribution is -0.115. The van der Waals surface area contributed by atoms with E-state index in [4.69, 9.17) is 4.74 Å². The van der Waals surface area contributed by atoms with Crippen molar-refractivity contribution >= 4 is 51.3 Å². The predicted octanol–water partition coefficient (Wildman–Crippen LogP) is 4.60. The second-order valence-corrected chi connectivity index (χ2v) is 8.17. The number of esters is 1. The molecule has 2 amide bonds. The second-order valence-electron chi connectivity index (χ2n) is 6.37. The third kappa shape index (κ3) is 6.23. The molecule has 3 rings (SSSR count). The largest absolute Gasteiger partial charge is 0.462 e. The lowest BCUT2D eigenvalue weighted by Crippen LogP contribution is -2.15. The van der Waals surface area contributed by atoms with Gasteiger partial charge in [0.1, 0.15) is 0 Å². The maximum Gasteiger partial charge on any atom is 0.338 e. The number of carbonyl (C=O) groups excluding carboxylic acids is 3. The molecule has 3 aromatic rings. The van der Waals surface area contributed by atoms with Crippen molar-refractivity contribution < 1.29 is 19.1 Å². The second kappa shape index (κ2) is 10.7. The molecule has 0 aliphatic heterocycles. The number of unbranched alkanes of at least 4 members (excludes halogenated alkanes) is 1. The summed E-state index contributed by atoms with van der Waals surface area (Å²) < 4.78 is 5.16. The third-order valence-electron chi connectivity index (χ3n) is 3.99. The molecule has 0 saturated carbocycles. The first-order valence-electron chi connectivity index (χ1n) is 9.41. The van der Waals surface area contributed by atoms with E-state index in [9.17, 15) is 14.4 Å². The zero-order chi connectivity index (χ0) is 21.3. The Bertz CT molecular complexity index is 998. The van der Waals surface area contributed by atoms with Crippen LogP contribution in [0.2, 0.25) is 0 Å². The molecule has 30 heavy (non-hydrogen) atoms. The van der Waals surface area contributed by atoms with Gasteiger partial charge in [-0.2, -0.15) is 0 Å². The molecule has 0 atom stereocenters. The van der Waals surface area contributed by atoms with Gasteiger partial charge in [0.05, 0.1) is 29.2 Å². The Balaban J connectivity index is 1.49. The molecule has 0 saturated heterocycles. The van der Waals surface area contributed by atoms with Crippen LogP contribution >= 0.6 is 22.7 Å². The van der Waals surface area contributed by atoms with E-state index < -0.39 is 0 Å². The summed E-state index contributed by atoms with van der Waals surface area (Å²) >= 11 is 2.61. The topological polar surface area (TPSA) is 97.4 Å². The quantitative estimate of drug-likeness (QED) is 0.372. The van der Waals surface area contributed by atoms with Crippen LogP contribution in [0.1, 0.15) is 45.5 Å². The molecule has 0 aliphatic rings. The van der Waals surface area contributed by atoms with Gasteiger partial charge in [0.15, 0.2) is 5.13 Å². The highest BCUT2D eigenvalue weighted by Gasteiger charge is 2.12. The summed E-state index contributed by atoms with van der Waals surface area (Å²) in [5.41, 5.74) is 1.58. The highest BCUT2D eigenvalue weighted by atomic mass is 32.1. The Kier molecular flexibility index (Phi) is 7.69. The number of nitrogens with zero attached hydrogens (tertiary/aromatic N) is 1. The Labute approximate surface area is 182 Å². The van der Waals surface area contributed by atoms with Crippen LogP contribution in [0.3, 0.4) is 0 Å². The smallest absolute Gasteiger partial charge is 0.338 e. The first kappa shape index (κ1) is 21.7. The number of thiophene rings is 1. The van der Waals surface area contributed by atoms with Gasteiger partial charge < -0.3 is 10.1 Å². The fourth-order valence-corrected chi connectivity index (χ4v) is 3.79. The minimum atomic E-state index is -0.374. The Hall–Kier alpha value is -3.04. The fraction of sp³-hybridized carbons (Fsp3) is 0.238. The monoisotopic (exact) mass is 443 g/mol. The molecule has 2 N–H and O–H groups in total. The van der Waals surface area contributed by atoms with Crippen molar-refractivity contribution in [2.24, 2.45) is 0 Å². The van der Waals surface area contributed by atoms with Gasteiger partial charge in [0, 0.05) is 11.1 Å². The van der Waals surface area contributed by atoms with Gasteiger partial charge in [-0.15, -0.1) is 22.7 Å². The van der Waals surface area contributed by atoms with Crippen LogP contribution in [0.4, 0.5) is 10.8 Å². The number of thiazole rings is 1. The fourth-order valence-electron chi connectivity index (χ4n) is 2.46. The summed E-state index contributed by atoms with van der Waals surface area (Å²) in [7, 11) is 0. The highest BCUT2D eigenvalue weighted by molar-refractivity contribution is 7.14. The van der Waals surface area contributed by atoms with Gasteiger partial charge in [-0.3, -0.25) is 14.9 Å². The number of anilines is 2. The molecule has 156 valence electrons. The zero-order valence-electron chi connectivity index (χ0n) is 16.3. The van der Waals surface area contributed by atoms with Crippen molar-refractivity contribution in [3.05, 3.63) is 63.3 Å². The number of carbonyl (C=O) groups is 3. The summed E-state index contributed by atoms with van der Waals surface area (Å²) in [5.74, 6) is -0.834. The van der Waals surface area contributed by atoms with Crippen molar-refractivity contribution in [2.75, 3.05) is 17.2 Å². The van der Waals surface area contributed by atoms with E-state index in [2.05, 4.69) is 15.6 Å². The minimum Gasteiger partial charge on any atom is -0.462 e. The van der Waals surface area contributed by atoms with Crippen LogP contribution in [0.5, 0.6) is 0 Å².